The van der Waals surface area contributed by atoms with Crippen LogP contribution in [0.2, 0.25) is 0 Å². The molecule has 80 valence electrons. The molecule has 3 heteroatoms. The molecule has 1 aromatic carbocycles. The molecular formula is C12H15NO2. The van der Waals surface area contributed by atoms with Crippen molar-refractivity contribution in [3.8, 4) is 0 Å². The van der Waals surface area contributed by atoms with Gasteiger partial charge in [-0.2, -0.15) is 0 Å². The van der Waals surface area contributed by atoms with Crippen molar-refractivity contribution in [3.63, 3.8) is 0 Å². The molecule has 0 aliphatic carbocycles. The van der Waals surface area contributed by atoms with Crippen LogP contribution in [0.1, 0.15) is 18.1 Å². The van der Waals surface area contributed by atoms with Crippen LogP contribution in [0.25, 0.3) is 0 Å². The number of benzene rings is 1. The van der Waals surface area contributed by atoms with Gasteiger partial charge in [0, 0.05) is 5.56 Å². The summed E-state index contributed by atoms with van der Waals surface area (Å²) in [6, 6.07) is 7.95. The van der Waals surface area contributed by atoms with E-state index in [-0.39, 0.29) is 6.61 Å². The van der Waals surface area contributed by atoms with E-state index >= 15 is 0 Å². The average Bonchev–Trinajstić information content (AvgIpc) is 2.63. The summed E-state index contributed by atoms with van der Waals surface area (Å²) in [4.78, 5) is 4.41. The number of aliphatic imine (C=N–C) groups is 1. The van der Waals surface area contributed by atoms with Crippen molar-refractivity contribution in [2.45, 2.75) is 19.4 Å². The molecule has 0 saturated carbocycles. The fourth-order valence-electron chi connectivity index (χ4n) is 1.57. The Hall–Kier alpha value is -1.35. The normalized spacial score (nSPS) is 24.9. The van der Waals surface area contributed by atoms with Crippen molar-refractivity contribution in [3.05, 3.63) is 35.4 Å². The van der Waals surface area contributed by atoms with Gasteiger partial charge in [0.25, 0.3) is 0 Å². The number of ether oxygens (including phenoxy) is 1. The standard InChI is InChI=1S/C12H15NO2/c1-9-5-3-4-6-10(9)11-13-12(2,7-14)8-15-11/h3-6,14H,7-8H2,1-2H3/t12-/m0/s1. The summed E-state index contributed by atoms with van der Waals surface area (Å²) in [5.74, 6) is 0.643. The van der Waals surface area contributed by atoms with E-state index in [2.05, 4.69) is 4.99 Å². The molecule has 0 radical (unpaired) electrons. The second kappa shape index (κ2) is 3.66. The number of hydrogen-bond acceptors (Lipinski definition) is 3. The number of nitrogens with zero attached hydrogens (tertiary/aromatic N) is 1. The van der Waals surface area contributed by atoms with Crippen molar-refractivity contribution >= 4 is 5.90 Å². The molecule has 1 aliphatic rings. The van der Waals surface area contributed by atoms with Gasteiger partial charge >= 0.3 is 0 Å². The van der Waals surface area contributed by atoms with Gasteiger partial charge in [-0.1, -0.05) is 18.2 Å². The van der Waals surface area contributed by atoms with Crippen LogP contribution in [0, 0.1) is 6.92 Å². The molecule has 0 unspecified atom stereocenters. The van der Waals surface area contributed by atoms with Crippen LogP contribution in [-0.4, -0.2) is 29.8 Å². The molecule has 3 nitrogen and oxygen atoms in total. The number of rotatable bonds is 2. The quantitative estimate of drug-likeness (QED) is 0.795. The third-order valence-corrected chi connectivity index (χ3v) is 2.61. The maximum absolute atomic E-state index is 9.17. The number of aliphatic hydroxyl groups excluding tert-OH is 1. The van der Waals surface area contributed by atoms with E-state index in [1.165, 1.54) is 0 Å². The van der Waals surface area contributed by atoms with Crippen LogP contribution in [0.15, 0.2) is 29.3 Å². The predicted molar refractivity (Wildman–Crippen MR) is 59.2 cm³/mol. The minimum atomic E-state index is -0.475. The molecule has 2 rings (SSSR count). The van der Waals surface area contributed by atoms with Crippen molar-refractivity contribution in [1.82, 2.24) is 0 Å². The van der Waals surface area contributed by atoms with Gasteiger partial charge in [-0.3, -0.25) is 0 Å². The third-order valence-electron chi connectivity index (χ3n) is 2.61. The van der Waals surface area contributed by atoms with Crippen LogP contribution in [0.5, 0.6) is 0 Å². The molecule has 1 heterocycles. The van der Waals surface area contributed by atoms with Gasteiger partial charge in [0.05, 0.1) is 6.61 Å². The van der Waals surface area contributed by atoms with Crippen LogP contribution in [-0.2, 0) is 4.74 Å². The van der Waals surface area contributed by atoms with E-state index < -0.39 is 5.54 Å². The zero-order valence-corrected chi connectivity index (χ0v) is 9.03. The van der Waals surface area contributed by atoms with E-state index in [9.17, 15) is 5.11 Å². The lowest BCUT2D eigenvalue weighted by molar-refractivity contribution is 0.170. The van der Waals surface area contributed by atoms with Crippen LogP contribution < -0.4 is 0 Å². The van der Waals surface area contributed by atoms with E-state index in [0.717, 1.165) is 11.1 Å². The van der Waals surface area contributed by atoms with E-state index in [0.29, 0.717) is 12.5 Å². The minimum absolute atomic E-state index is 0.0163. The smallest absolute Gasteiger partial charge is 0.217 e. The van der Waals surface area contributed by atoms with Gasteiger partial charge in [0.1, 0.15) is 12.1 Å². The van der Waals surface area contributed by atoms with Gasteiger partial charge in [-0.15, -0.1) is 0 Å². The zero-order valence-electron chi connectivity index (χ0n) is 9.03. The van der Waals surface area contributed by atoms with E-state index in [1.54, 1.807) is 0 Å². The molecule has 0 aromatic heterocycles. The Morgan fingerprint density at radius 2 is 2.20 bits per heavy atom. The lowest BCUT2D eigenvalue weighted by atomic mass is 10.1. The lowest BCUT2D eigenvalue weighted by Gasteiger charge is -2.12. The first kappa shape index (κ1) is 10.2. The highest BCUT2D eigenvalue weighted by atomic mass is 16.5. The molecule has 1 aliphatic heterocycles. The van der Waals surface area contributed by atoms with Crippen molar-refractivity contribution in [2.75, 3.05) is 13.2 Å². The van der Waals surface area contributed by atoms with Crippen LogP contribution in [0.4, 0.5) is 0 Å². The molecule has 0 spiro atoms. The Balaban J connectivity index is 2.35. The molecule has 0 bridgehead atoms. The van der Waals surface area contributed by atoms with Gasteiger partial charge in [-0.25, -0.2) is 4.99 Å². The SMILES string of the molecule is Cc1ccccc1C1=N[C@@](C)(CO)CO1. The number of aryl methyl sites for hydroxylation is 1. The molecule has 1 N–H and O–H groups in total. The molecule has 0 saturated heterocycles. The zero-order chi connectivity index (χ0) is 10.9. The summed E-state index contributed by atoms with van der Waals surface area (Å²) >= 11 is 0. The van der Waals surface area contributed by atoms with Gasteiger partial charge in [-0.05, 0) is 25.5 Å². The fraction of sp³-hybridized carbons (Fsp3) is 0.417. The average molecular weight is 205 g/mol. The molecule has 0 fully saturated rings. The Kier molecular flexibility index (Phi) is 2.49. The summed E-state index contributed by atoms with van der Waals surface area (Å²) in [5, 5.41) is 9.17. The Morgan fingerprint density at radius 1 is 1.47 bits per heavy atom. The first-order valence-electron chi connectivity index (χ1n) is 5.04. The Morgan fingerprint density at radius 3 is 2.80 bits per heavy atom. The summed E-state index contributed by atoms with van der Waals surface area (Å²) < 4.78 is 5.52. The highest BCUT2D eigenvalue weighted by molar-refractivity contribution is 5.96. The highest BCUT2D eigenvalue weighted by Crippen LogP contribution is 2.22. The summed E-state index contributed by atoms with van der Waals surface area (Å²) in [6.45, 7) is 4.38. The lowest BCUT2D eigenvalue weighted by Crippen LogP contribution is -2.28. The highest BCUT2D eigenvalue weighted by Gasteiger charge is 2.31. The van der Waals surface area contributed by atoms with E-state index in [1.807, 2.05) is 38.1 Å². The van der Waals surface area contributed by atoms with Crippen LogP contribution >= 0.6 is 0 Å². The van der Waals surface area contributed by atoms with Crippen molar-refractivity contribution in [1.29, 1.82) is 0 Å². The second-order valence-electron chi connectivity index (χ2n) is 4.18. The molecule has 0 amide bonds. The summed E-state index contributed by atoms with van der Waals surface area (Å²) in [5.41, 5.74) is 1.67. The van der Waals surface area contributed by atoms with Crippen LogP contribution in [0.3, 0.4) is 0 Å². The number of hydrogen-bond donors (Lipinski definition) is 1. The Bertz CT molecular complexity index is 400. The summed E-state index contributed by atoms with van der Waals surface area (Å²) in [7, 11) is 0. The maximum Gasteiger partial charge on any atom is 0.217 e. The molecule has 15 heavy (non-hydrogen) atoms. The molecule has 1 aromatic rings. The fourth-order valence-corrected chi connectivity index (χ4v) is 1.57. The topological polar surface area (TPSA) is 41.8 Å². The second-order valence-corrected chi connectivity index (χ2v) is 4.18. The predicted octanol–water partition coefficient (Wildman–Crippen LogP) is 1.52. The van der Waals surface area contributed by atoms with Crippen molar-refractivity contribution in [2.24, 2.45) is 4.99 Å². The molecular weight excluding hydrogens is 190 g/mol. The third kappa shape index (κ3) is 1.88. The van der Waals surface area contributed by atoms with Crippen molar-refractivity contribution < 1.29 is 9.84 Å². The van der Waals surface area contributed by atoms with Gasteiger partial charge < -0.3 is 9.84 Å². The van der Waals surface area contributed by atoms with Gasteiger partial charge in [0.15, 0.2) is 0 Å². The first-order valence-corrected chi connectivity index (χ1v) is 5.04. The minimum Gasteiger partial charge on any atom is -0.475 e. The molecule has 1 atom stereocenters. The Labute approximate surface area is 89.4 Å². The van der Waals surface area contributed by atoms with E-state index in [4.69, 9.17) is 4.74 Å². The monoisotopic (exact) mass is 205 g/mol. The maximum atomic E-state index is 9.17. The summed E-state index contributed by atoms with van der Waals surface area (Å²) in [6.07, 6.45) is 0. The largest absolute Gasteiger partial charge is 0.475 e. The van der Waals surface area contributed by atoms with Gasteiger partial charge in [0.2, 0.25) is 5.90 Å². The number of aliphatic hydroxyl groups is 1. The first-order chi connectivity index (χ1) is 7.14.